The molecular formula is C113H117F2N22O10+. The number of nitrogens with one attached hydrogen (secondary N) is 2. The molecule has 13 aromatic heterocycles. The number of pyridine rings is 2. The van der Waals surface area contributed by atoms with E-state index < -0.39 is 22.9 Å². The van der Waals surface area contributed by atoms with Crippen LogP contribution in [0, 0.1) is 25.5 Å². The lowest BCUT2D eigenvalue weighted by Crippen LogP contribution is -2.43. The van der Waals surface area contributed by atoms with Crippen molar-refractivity contribution in [3.8, 4) is 45.0 Å². The van der Waals surface area contributed by atoms with E-state index >= 15 is 0 Å². The topological polar surface area (TPSA) is 311 Å². The number of aliphatic imine (C=N–C) groups is 1. The molecule has 0 radical (unpaired) electrons. The fraction of sp³-hybridized carbons (Fsp3) is 0.319. The molecule has 752 valence electrons. The number of nitrogens with zero attached hydrogens (tertiary/aromatic N) is 20. The first-order valence-electron chi connectivity index (χ1n) is 50.7. The van der Waals surface area contributed by atoms with Gasteiger partial charge < -0.3 is 80.7 Å². The highest BCUT2D eigenvalue weighted by atomic mass is 19.1. The predicted octanol–water partition coefficient (Wildman–Crippen LogP) is 15.7. The van der Waals surface area contributed by atoms with Gasteiger partial charge in [0.1, 0.15) is 56.6 Å². The lowest BCUT2D eigenvalue weighted by Gasteiger charge is -2.29. The van der Waals surface area contributed by atoms with Gasteiger partial charge in [0.05, 0.1) is 61.4 Å². The molecule has 20 heterocycles. The lowest BCUT2D eigenvalue weighted by molar-refractivity contribution is -0.476. The Morgan fingerprint density at radius 3 is 1.20 bits per heavy atom. The third kappa shape index (κ3) is 21.2. The highest BCUT2D eigenvalue weighted by Crippen LogP contribution is 2.36. The number of anilines is 5. The van der Waals surface area contributed by atoms with E-state index in [4.69, 9.17) is 37.0 Å². The Bertz CT molecular complexity index is 8460. The summed E-state index contributed by atoms with van der Waals surface area (Å²) in [4.78, 5) is 113. The Labute approximate surface area is 844 Å². The standard InChI is InChI=1S/C25H28N4O2.C24H27N4O2.C23H24N4O2.C21H20FN5O2.C20H18FN5O2/c1-4-18-12-17(2)15-29-16-22(26-24(18)29)21-13-19-6-7-20(14-23(19)31-25(21)30)28-9-5-8-27(3)10-11-28;1-3-17-7-10-28-16-21(25-23(28)13-17)20-14-18-5-6-19(15-22(18)30-24(20)29)27-9-4-8-26(2)11-12-27;1-3-16-10-15(2)13-27-14-20(25-22(16)27)19-11-17-4-5-18(12-21(17)29-23(19)28)26-8-6-24-7-9-26;1-25-5-3-7-26(9-8-25)14-10-17(22)15-12-16(20(28)29-19(15)11-14)18-13-27-6-2-4-23-21(27)24-18;21-16-9-13(25-6-1-3-22-5-8-25)10-18-14(16)11-15(19(27)28-18)17-12-26-7-2-4-23-20(26)24-17/h6-7,12-16H,4-5,8-11H2,1-3H3;5-7,10,13-16,23H,3-4,8-9,11-12H2,1-2H3;4-5,10-14,24H,3,6-9H2,1-2H3;2,4,6,10-13H,3,5,7-9H2,1H3;2,4,7,9-12,22H,1,3,5-6,8H2/q;+1;;;. The minimum absolute atomic E-state index is 0.0707. The van der Waals surface area contributed by atoms with E-state index in [0.29, 0.717) is 73.5 Å². The zero-order valence-corrected chi connectivity index (χ0v) is 83.7. The van der Waals surface area contributed by atoms with E-state index in [2.05, 4.69) is 168 Å². The monoisotopic (exact) mass is 1980 g/mol. The van der Waals surface area contributed by atoms with Crippen molar-refractivity contribution in [1.29, 1.82) is 0 Å². The maximum absolute atomic E-state index is 15.0. The van der Waals surface area contributed by atoms with Gasteiger partial charge in [0.2, 0.25) is 11.6 Å². The zero-order chi connectivity index (χ0) is 101. The number of hydrogen-bond donors (Lipinski definition) is 2. The average molecular weight is 1980 g/mol. The summed E-state index contributed by atoms with van der Waals surface area (Å²) >= 11 is 0. The normalized spacial score (nSPS) is 16.7. The molecule has 5 saturated heterocycles. The first-order chi connectivity index (χ1) is 71.5. The molecular weight excluding hydrogens is 1860 g/mol. The van der Waals surface area contributed by atoms with E-state index in [-0.39, 0.29) is 56.1 Å². The van der Waals surface area contributed by atoms with Crippen LogP contribution in [0.15, 0.2) is 270 Å². The highest BCUT2D eigenvalue weighted by molar-refractivity contribution is 6.37. The second-order valence-corrected chi connectivity index (χ2v) is 38.7. The lowest BCUT2D eigenvalue weighted by atomic mass is 10.1. The van der Waals surface area contributed by atoms with E-state index in [1.807, 2.05) is 105 Å². The summed E-state index contributed by atoms with van der Waals surface area (Å²) in [5.74, 6) is 0.0881. The van der Waals surface area contributed by atoms with Gasteiger partial charge in [-0.3, -0.25) is 8.80 Å². The van der Waals surface area contributed by atoms with Gasteiger partial charge >= 0.3 is 28.1 Å². The fourth-order valence-corrected chi connectivity index (χ4v) is 20.3. The minimum atomic E-state index is -0.551. The van der Waals surface area contributed by atoms with Gasteiger partial charge in [0, 0.05) is 254 Å². The van der Waals surface area contributed by atoms with Crippen molar-refractivity contribution in [3.63, 3.8) is 0 Å². The Morgan fingerprint density at radius 2 is 0.762 bits per heavy atom. The van der Waals surface area contributed by atoms with Crippen LogP contribution in [0.4, 0.5) is 37.2 Å². The maximum Gasteiger partial charge on any atom is 0.346 e. The number of benzene rings is 5. The van der Waals surface area contributed by atoms with Crippen molar-refractivity contribution < 1.29 is 35.4 Å². The number of aromatic nitrogens is 10. The molecule has 32 nitrogen and oxygen atoms in total. The van der Waals surface area contributed by atoms with Crippen molar-refractivity contribution in [2.45, 2.75) is 85.7 Å². The summed E-state index contributed by atoms with van der Waals surface area (Å²) in [7, 11) is 6.41. The maximum atomic E-state index is 15.0. The van der Waals surface area contributed by atoms with Gasteiger partial charge in [0.25, 0.3) is 6.17 Å². The number of hydrogen-bond acceptors (Lipinski definition) is 27. The molecule has 7 aliphatic heterocycles. The number of imidazole rings is 4. The summed E-state index contributed by atoms with van der Waals surface area (Å²) in [6.45, 7) is 29.6. The zero-order valence-electron chi connectivity index (χ0n) is 83.7. The van der Waals surface area contributed by atoms with Gasteiger partial charge in [-0.2, -0.15) is 4.58 Å². The number of aryl methyl sites for hydroxylation is 4. The van der Waals surface area contributed by atoms with Crippen LogP contribution in [-0.2, 0) is 12.8 Å². The molecule has 34 heteroatoms. The van der Waals surface area contributed by atoms with Crippen molar-refractivity contribution in [3.05, 3.63) is 311 Å². The van der Waals surface area contributed by atoms with Gasteiger partial charge in [-0.05, 0) is 225 Å². The van der Waals surface area contributed by atoms with Crippen LogP contribution in [0.5, 0.6) is 0 Å². The molecule has 5 aromatic carbocycles. The van der Waals surface area contributed by atoms with E-state index in [9.17, 15) is 32.8 Å². The van der Waals surface area contributed by atoms with E-state index in [0.717, 1.165) is 232 Å². The summed E-state index contributed by atoms with van der Waals surface area (Å²) in [6.07, 6.45) is 33.2. The molecule has 0 saturated carbocycles. The Balaban J connectivity index is 0.000000108. The molecule has 147 heavy (non-hydrogen) atoms. The second kappa shape index (κ2) is 42.5. The van der Waals surface area contributed by atoms with E-state index in [1.54, 1.807) is 70.2 Å². The number of allylic oxidation sites excluding steroid dienone is 2. The van der Waals surface area contributed by atoms with Crippen LogP contribution in [0.1, 0.15) is 80.7 Å². The Kier molecular flexibility index (Phi) is 28.1. The fourth-order valence-electron chi connectivity index (χ4n) is 20.3. The smallest absolute Gasteiger partial charge is 0.346 e. The summed E-state index contributed by atoms with van der Waals surface area (Å²) < 4.78 is 67.5. The first-order valence-corrected chi connectivity index (χ1v) is 50.7. The van der Waals surface area contributed by atoms with Crippen LogP contribution in [0.25, 0.3) is 123 Å². The number of rotatable bonds is 13. The van der Waals surface area contributed by atoms with Crippen LogP contribution < -0.4 is 63.3 Å². The molecule has 1 atom stereocenters. The highest BCUT2D eigenvalue weighted by Gasteiger charge is 2.32. The molecule has 2 N–H and O–H groups in total. The van der Waals surface area contributed by atoms with Gasteiger partial charge in [0.15, 0.2) is 12.4 Å². The summed E-state index contributed by atoms with van der Waals surface area (Å²) in [5.41, 5.74) is 17.4. The Hall–Kier alpha value is -15.8. The van der Waals surface area contributed by atoms with Gasteiger partial charge in [-0.15, -0.1) is 0 Å². The molecule has 18 aromatic rings. The van der Waals surface area contributed by atoms with Gasteiger partial charge in [-0.1, -0.05) is 32.9 Å². The summed E-state index contributed by atoms with van der Waals surface area (Å²) in [5, 5.41) is 9.94. The number of fused-ring (bicyclic) bond motifs is 10. The molecule has 0 spiro atoms. The second-order valence-electron chi connectivity index (χ2n) is 38.7. The largest absolute Gasteiger partial charge is 0.422 e. The molecule has 0 amide bonds. The van der Waals surface area contributed by atoms with Crippen molar-refractivity contribution in [1.82, 2.24) is 72.8 Å². The first kappa shape index (κ1) is 97.3. The minimum Gasteiger partial charge on any atom is -0.422 e. The molecule has 0 bridgehead atoms. The van der Waals surface area contributed by atoms with Crippen molar-refractivity contribution in [2.24, 2.45) is 4.99 Å². The number of halogens is 2. The van der Waals surface area contributed by atoms with E-state index in [1.165, 1.54) is 52.1 Å². The third-order valence-electron chi connectivity index (χ3n) is 28.4. The van der Waals surface area contributed by atoms with Crippen LogP contribution in [-0.4, -0.2) is 237 Å². The number of likely N-dealkylation sites (N-methyl/N-ethyl adjacent to an activating group) is 3. The van der Waals surface area contributed by atoms with Crippen LogP contribution >= 0.6 is 0 Å². The van der Waals surface area contributed by atoms with Crippen molar-refractivity contribution in [2.75, 3.05) is 177 Å². The number of piperazine rings is 1. The summed E-state index contributed by atoms with van der Waals surface area (Å²) in [6, 6.07) is 41.5. The Morgan fingerprint density at radius 1 is 0.381 bits per heavy atom. The van der Waals surface area contributed by atoms with Gasteiger partial charge in [-0.25, -0.2) is 67.6 Å². The molecule has 5 fully saturated rings. The quantitative estimate of drug-likeness (QED) is 0.0800. The predicted molar refractivity (Wildman–Crippen MR) is 575 cm³/mol. The molecule has 0 aliphatic carbocycles. The van der Waals surface area contributed by atoms with Crippen LogP contribution in [0.2, 0.25) is 0 Å². The van der Waals surface area contributed by atoms with Crippen molar-refractivity contribution >= 4 is 118 Å². The van der Waals surface area contributed by atoms with Crippen LogP contribution in [0.3, 0.4) is 0 Å². The SMILES string of the molecule is CCC1=CC2N=C(c3cc4ccc(N5CCCN(C)CC5)cc4oc3=O)C=[N+]2C=C1.CCc1cc(C)cn2cc(-c3cc4ccc(N5CCCN(C)CC5)cc4oc3=O)nc12.CCc1cc(C)cn2cc(-c3cc4ccc(N5CCNCC5)cc4oc3=O)nc12.CN1CCCN(c2cc(F)c3cc(-c4cn5cccnc5n4)c(=O)oc3c2)CC1.O=c1oc2cc(N3CCCNCC3)cc(F)c2cc1-c1cn2cccnc2n1. The average Bonchev–Trinajstić information content (AvgIpc) is 1.77. The molecule has 25 rings (SSSR count). The molecule has 1 unspecified atom stereocenters. The third-order valence-corrected chi connectivity index (χ3v) is 28.4. The molecule has 7 aliphatic rings.